The molecule has 0 bridgehead atoms. The maximum absolute atomic E-state index is 11.8. The Bertz CT molecular complexity index is 797. The smallest absolute Gasteiger partial charge is 0.331 e. The molecule has 6 heteroatoms. The molecule has 2 N–H and O–H groups in total. The van der Waals surface area contributed by atoms with Crippen molar-refractivity contribution >= 4 is 0 Å². The van der Waals surface area contributed by atoms with E-state index in [1.807, 2.05) is 6.07 Å². The minimum Gasteiger partial charge on any atom is -0.494 e. The van der Waals surface area contributed by atoms with Crippen molar-refractivity contribution in [3.05, 3.63) is 61.8 Å². The Morgan fingerprint density at radius 2 is 2.15 bits per heavy atom. The largest absolute Gasteiger partial charge is 0.494 e. The van der Waals surface area contributed by atoms with Crippen molar-refractivity contribution in [1.82, 2.24) is 9.55 Å². The van der Waals surface area contributed by atoms with E-state index in [9.17, 15) is 14.7 Å². The fraction of sp³-hybridized carbons (Fsp3) is 0.214. The molecule has 0 amide bonds. The van der Waals surface area contributed by atoms with Gasteiger partial charge in [-0.3, -0.25) is 14.3 Å². The Morgan fingerprint density at radius 1 is 1.40 bits per heavy atom. The van der Waals surface area contributed by atoms with Crippen molar-refractivity contribution in [2.45, 2.75) is 19.9 Å². The molecule has 0 aliphatic carbocycles. The number of rotatable bonds is 3. The lowest BCUT2D eigenvalue weighted by Crippen LogP contribution is -2.32. The molecule has 0 unspecified atom stereocenters. The number of aromatic hydroxyl groups is 1. The molecular formula is C14H13N3O3. The van der Waals surface area contributed by atoms with Crippen molar-refractivity contribution in [2.75, 3.05) is 0 Å². The molecule has 1 aromatic heterocycles. The topological polar surface area (TPSA) is 98.9 Å². The summed E-state index contributed by atoms with van der Waals surface area (Å²) in [6.07, 6.45) is 0.319. The highest BCUT2D eigenvalue weighted by atomic mass is 16.3. The number of aromatic nitrogens is 2. The van der Waals surface area contributed by atoms with Crippen LogP contribution >= 0.6 is 0 Å². The zero-order chi connectivity index (χ0) is 14.7. The summed E-state index contributed by atoms with van der Waals surface area (Å²) in [5, 5.41) is 18.9. The monoisotopic (exact) mass is 271 g/mol. The van der Waals surface area contributed by atoms with Crippen molar-refractivity contribution in [3.63, 3.8) is 0 Å². The first-order chi connectivity index (χ1) is 9.56. The summed E-state index contributed by atoms with van der Waals surface area (Å²) < 4.78 is 1.08. The van der Waals surface area contributed by atoms with E-state index in [0.29, 0.717) is 17.5 Å². The van der Waals surface area contributed by atoms with E-state index in [0.717, 1.165) is 4.57 Å². The molecule has 1 heterocycles. The van der Waals surface area contributed by atoms with Crippen LogP contribution in [0.25, 0.3) is 0 Å². The van der Waals surface area contributed by atoms with Crippen LogP contribution in [0, 0.1) is 11.3 Å². The molecule has 0 spiro atoms. The van der Waals surface area contributed by atoms with E-state index < -0.39 is 11.2 Å². The highest BCUT2D eigenvalue weighted by Gasteiger charge is 2.12. The van der Waals surface area contributed by atoms with Gasteiger partial charge in [0.25, 0.3) is 5.56 Å². The van der Waals surface area contributed by atoms with Crippen LogP contribution in [0.1, 0.15) is 23.6 Å². The van der Waals surface area contributed by atoms with Gasteiger partial charge in [-0.1, -0.05) is 19.1 Å². The lowest BCUT2D eigenvalue weighted by atomic mass is 10.1. The maximum atomic E-state index is 11.8. The molecule has 0 radical (unpaired) electrons. The molecule has 0 atom stereocenters. The lowest BCUT2D eigenvalue weighted by molar-refractivity contribution is 0.402. The maximum Gasteiger partial charge on any atom is 0.331 e. The third-order valence-corrected chi connectivity index (χ3v) is 3.02. The number of H-pyrrole nitrogens is 1. The van der Waals surface area contributed by atoms with Crippen LogP contribution in [0.3, 0.4) is 0 Å². The lowest BCUT2D eigenvalue weighted by Gasteiger charge is -2.10. The van der Waals surface area contributed by atoms with Gasteiger partial charge in [0.05, 0.1) is 23.7 Å². The van der Waals surface area contributed by atoms with E-state index in [-0.39, 0.29) is 18.0 Å². The van der Waals surface area contributed by atoms with Crippen molar-refractivity contribution < 1.29 is 5.11 Å². The first kappa shape index (κ1) is 13.6. The Labute approximate surface area is 114 Å². The average molecular weight is 271 g/mol. The van der Waals surface area contributed by atoms with E-state index in [2.05, 4.69) is 4.98 Å². The summed E-state index contributed by atoms with van der Waals surface area (Å²) in [5.41, 5.74) is 0.0795. The summed E-state index contributed by atoms with van der Waals surface area (Å²) in [7, 11) is 0. The van der Waals surface area contributed by atoms with Gasteiger partial charge in [-0.25, -0.2) is 4.79 Å². The highest BCUT2D eigenvalue weighted by molar-refractivity contribution is 5.33. The predicted octanol–water partition coefficient (Wildman–Crippen LogP) is 0.725. The predicted molar refractivity (Wildman–Crippen MR) is 72.6 cm³/mol. The highest BCUT2D eigenvalue weighted by Crippen LogP contribution is 2.13. The normalized spacial score (nSPS) is 10.2. The van der Waals surface area contributed by atoms with E-state index >= 15 is 0 Å². The average Bonchev–Trinajstić information content (AvgIpc) is 2.44. The Kier molecular flexibility index (Phi) is 3.71. The molecule has 2 rings (SSSR count). The number of benzene rings is 1. The van der Waals surface area contributed by atoms with Gasteiger partial charge in [-0.15, -0.1) is 0 Å². The first-order valence-electron chi connectivity index (χ1n) is 6.10. The van der Waals surface area contributed by atoms with E-state index in [4.69, 9.17) is 5.26 Å². The van der Waals surface area contributed by atoms with Gasteiger partial charge in [0.15, 0.2) is 0 Å². The minimum atomic E-state index is -0.674. The van der Waals surface area contributed by atoms with Gasteiger partial charge in [-0.2, -0.15) is 5.26 Å². The molecular weight excluding hydrogens is 258 g/mol. The molecule has 0 aliphatic heterocycles. The summed E-state index contributed by atoms with van der Waals surface area (Å²) in [6.45, 7) is 1.80. The number of hydrogen-bond donors (Lipinski definition) is 2. The van der Waals surface area contributed by atoms with Gasteiger partial charge < -0.3 is 5.11 Å². The van der Waals surface area contributed by atoms with E-state index in [1.165, 1.54) is 0 Å². The van der Waals surface area contributed by atoms with Gasteiger partial charge in [-0.05, 0) is 24.1 Å². The van der Waals surface area contributed by atoms with Crippen LogP contribution < -0.4 is 11.2 Å². The standard InChI is InChI=1S/C14H13N3O3/c1-2-11-12(18)16-14(20)17(13(11)19)8-10-5-3-4-9(6-10)7-15/h3-6,19H,2,8H2,1H3,(H,16,18,20). The number of nitriles is 1. The van der Waals surface area contributed by atoms with Gasteiger partial charge in [0.2, 0.25) is 5.88 Å². The van der Waals surface area contributed by atoms with Crippen molar-refractivity contribution in [1.29, 1.82) is 5.26 Å². The minimum absolute atomic E-state index is 0.0873. The first-order valence-corrected chi connectivity index (χ1v) is 6.10. The van der Waals surface area contributed by atoms with Crippen LogP contribution in [0.4, 0.5) is 0 Å². The fourth-order valence-electron chi connectivity index (χ4n) is 1.99. The fourth-order valence-corrected chi connectivity index (χ4v) is 1.99. The zero-order valence-electron chi connectivity index (χ0n) is 10.9. The van der Waals surface area contributed by atoms with Crippen LogP contribution in [0.2, 0.25) is 0 Å². The molecule has 0 aliphatic rings. The number of aromatic amines is 1. The zero-order valence-corrected chi connectivity index (χ0v) is 10.9. The molecule has 0 saturated carbocycles. The third-order valence-electron chi connectivity index (χ3n) is 3.02. The second-order valence-corrected chi connectivity index (χ2v) is 4.31. The molecule has 6 nitrogen and oxygen atoms in total. The molecule has 102 valence electrons. The summed E-state index contributed by atoms with van der Waals surface area (Å²) in [6, 6.07) is 8.72. The van der Waals surface area contributed by atoms with Crippen molar-refractivity contribution in [2.24, 2.45) is 0 Å². The molecule has 2 aromatic rings. The van der Waals surface area contributed by atoms with Crippen LogP contribution in [-0.4, -0.2) is 14.7 Å². The number of nitrogens with zero attached hydrogens (tertiary/aromatic N) is 2. The number of nitrogens with one attached hydrogen (secondary N) is 1. The Morgan fingerprint density at radius 3 is 2.80 bits per heavy atom. The van der Waals surface area contributed by atoms with E-state index in [1.54, 1.807) is 31.2 Å². The summed E-state index contributed by atoms with van der Waals surface area (Å²) >= 11 is 0. The Hall–Kier alpha value is -2.81. The number of hydrogen-bond acceptors (Lipinski definition) is 4. The Balaban J connectivity index is 2.51. The third kappa shape index (κ3) is 2.47. The molecule has 1 aromatic carbocycles. The van der Waals surface area contributed by atoms with Crippen LogP contribution in [0.5, 0.6) is 5.88 Å². The second kappa shape index (κ2) is 5.45. The second-order valence-electron chi connectivity index (χ2n) is 4.31. The van der Waals surface area contributed by atoms with Crippen LogP contribution in [0.15, 0.2) is 33.9 Å². The SMILES string of the molecule is CCc1c(O)n(Cc2cccc(C#N)c2)c(=O)[nH]c1=O. The van der Waals surface area contributed by atoms with Crippen LogP contribution in [-0.2, 0) is 13.0 Å². The van der Waals surface area contributed by atoms with Gasteiger partial charge >= 0.3 is 5.69 Å². The van der Waals surface area contributed by atoms with Crippen molar-refractivity contribution in [3.8, 4) is 11.9 Å². The summed E-state index contributed by atoms with van der Waals surface area (Å²) in [4.78, 5) is 25.5. The van der Waals surface area contributed by atoms with Gasteiger partial charge in [0, 0.05) is 0 Å². The molecule has 0 fully saturated rings. The summed E-state index contributed by atoms with van der Waals surface area (Å²) in [5.74, 6) is -0.330. The molecule has 20 heavy (non-hydrogen) atoms. The quantitative estimate of drug-likeness (QED) is 0.859. The van der Waals surface area contributed by atoms with Gasteiger partial charge in [0.1, 0.15) is 0 Å². The molecule has 0 saturated heterocycles.